The molecule has 3 nitrogen and oxygen atoms in total. The van der Waals surface area contributed by atoms with Crippen LogP contribution >= 0.6 is 0 Å². The third kappa shape index (κ3) is 2.99. The number of aliphatic hydroxyl groups excluding tert-OH is 1. The lowest BCUT2D eigenvalue weighted by molar-refractivity contribution is 0.143. The lowest BCUT2D eigenvalue weighted by Gasteiger charge is -2.35. The van der Waals surface area contributed by atoms with Gasteiger partial charge in [0.05, 0.1) is 13.2 Å². The number of piperidine rings is 1. The zero-order valence-corrected chi connectivity index (χ0v) is 10.4. The fraction of sp³-hybridized carbons (Fsp3) is 0.571. The van der Waals surface area contributed by atoms with Crippen LogP contribution in [0.2, 0.25) is 0 Å². The van der Waals surface area contributed by atoms with Gasteiger partial charge in [-0.3, -0.25) is 0 Å². The Balaban J connectivity index is 2.10. The highest BCUT2D eigenvalue weighted by Crippen LogP contribution is 2.26. The van der Waals surface area contributed by atoms with Crippen LogP contribution in [-0.2, 0) is 11.3 Å². The number of methoxy groups -OCH3 is 1. The molecule has 1 fully saturated rings. The van der Waals surface area contributed by atoms with Crippen LogP contribution in [0.1, 0.15) is 18.4 Å². The Morgan fingerprint density at radius 1 is 1.41 bits per heavy atom. The van der Waals surface area contributed by atoms with Crippen LogP contribution in [-0.4, -0.2) is 31.9 Å². The van der Waals surface area contributed by atoms with E-state index in [0.29, 0.717) is 5.92 Å². The monoisotopic (exact) mass is 235 g/mol. The number of benzene rings is 1. The van der Waals surface area contributed by atoms with E-state index in [0.717, 1.165) is 25.3 Å². The van der Waals surface area contributed by atoms with Gasteiger partial charge in [-0.15, -0.1) is 0 Å². The Kier molecular flexibility index (Phi) is 4.40. The fourth-order valence-electron chi connectivity index (χ4n) is 2.61. The minimum Gasteiger partial charge on any atom is -0.392 e. The maximum Gasteiger partial charge on any atom is 0.0702 e. The quantitative estimate of drug-likeness (QED) is 0.867. The van der Waals surface area contributed by atoms with Crippen LogP contribution in [0.4, 0.5) is 5.69 Å². The molecule has 2 rings (SSSR count). The predicted molar refractivity (Wildman–Crippen MR) is 69.2 cm³/mol. The molecule has 3 heteroatoms. The second-order valence-corrected chi connectivity index (χ2v) is 4.70. The summed E-state index contributed by atoms with van der Waals surface area (Å²) < 4.78 is 5.25. The van der Waals surface area contributed by atoms with Crippen molar-refractivity contribution in [1.82, 2.24) is 0 Å². The first-order valence-electron chi connectivity index (χ1n) is 6.27. The standard InChI is InChI=1S/C14H21NO2/c1-17-11-12-5-4-8-15(9-12)14-7-3-2-6-13(14)10-16/h2-3,6-7,12,16H,4-5,8-11H2,1H3. The molecule has 1 aromatic carbocycles. The summed E-state index contributed by atoms with van der Waals surface area (Å²) >= 11 is 0. The smallest absolute Gasteiger partial charge is 0.0702 e. The summed E-state index contributed by atoms with van der Waals surface area (Å²) in [5.74, 6) is 0.612. The minimum absolute atomic E-state index is 0.113. The zero-order chi connectivity index (χ0) is 12.1. The van der Waals surface area contributed by atoms with Gasteiger partial charge in [0.15, 0.2) is 0 Å². The van der Waals surface area contributed by atoms with Crippen molar-refractivity contribution in [3.8, 4) is 0 Å². The van der Waals surface area contributed by atoms with E-state index in [1.54, 1.807) is 7.11 Å². The molecule has 0 radical (unpaired) electrons. The minimum atomic E-state index is 0.113. The average Bonchev–Trinajstić information content (AvgIpc) is 2.39. The summed E-state index contributed by atoms with van der Waals surface area (Å²) in [7, 11) is 1.76. The Morgan fingerprint density at radius 2 is 2.24 bits per heavy atom. The zero-order valence-electron chi connectivity index (χ0n) is 10.4. The van der Waals surface area contributed by atoms with E-state index in [1.165, 1.54) is 18.5 Å². The second kappa shape index (κ2) is 6.03. The molecule has 0 aromatic heterocycles. The van der Waals surface area contributed by atoms with Crippen molar-refractivity contribution in [3.05, 3.63) is 29.8 Å². The Bertz CT molecular complexity index is 352. The first kappa shape index (κ1) is 12.4. The van der Waals surface area contributed by atoms with E-state index >= 15 is 0 Å². The van der Waals surface area contributed by atoms with Crippen LogP contribution in [0, 0.1) is 5.92 Å². The molecule has 1 heterocycles. The van der Waals surface area contributed by atoms with Crippen LogP contribution < -0.4 is 4.90 Å². The lowest BCUT2D eigenvalue weighted by atomic mass is 9.97. The number of aliphatic hydroxyl groups is 1. The maximum atomic E-state index is 9.37. The summed E-state index contributed by atoms with van der Waals surface area (Å²) in [6.07, 6.45) is 2.44. The molecule has 1 atom stereocenters. The third-order valence-corrected chi connectivity index (χ3v) is 3.42. The number of hydrogen-bond donors (Lipinski definition) is 1. The van der Waals surface area contributed by atoms with E-state index in [2.05, 4.69) is 11.0 Å². The van der Waals surface area contributed by atoms with E-state index in [-0.39, 0.29) is 6.61 Å². The van der Waals surface area contributed by atoms with Gasteiger partial charge in [0, 0.05) is 31.5 Å². The molecule has 0 amide bonds. The third-order valence-electron chi connectivity index (χ3n) is 3.42. The average molecular weight is 235 g/mol. The summed E-state index contributed by atoms with van der Waals surface area (Å²) in [6.45, 7) is 3.06. The lowest BCUT2D eigenvalue weighted by Crippen LogP contribution is -2.37. The highest BCUT2D eigenvalue weighted by atomic mass is 16.5. The van der Waals surface area contributed by atoms with Crippen LogP contribution in [0.25, 0.3) is 0 Å². The Hall–Kier alpha value is -1.06. The van der Waals surface area contributed by atoms with Gasteiger partial charge in [0.1, 0.15) is 0 Å². The number of para-hydroxylation sites is 1. The molecule has 0 aliphatic carbocycles. The van der Waals surface area contributed by atoms with Crippen molar-refractivity contribution < 1.29 is 9.84 Å². The van der Waals surface area contributed by atoms with Gasteiger partial charge in [-0.25, -0.2) is 0 Å². The molecule has 17 heavy (non-hydrogen) atoms. The molecule has 94 valence electrons. The van der Waals surface area contributed by atoms with Gasteiger partial charge in [-0.2, -0.15) is 0 Å². The van der Waals surface area contributed by atoms with Gasteiger partial charge in [-0.05, 0) is 24.8 Å². The van der Waals surface area contributed by atoms with Crippen LogP contribution in [0.3, 0.4) is 0 Å². The van der Waals surface area contributed by atoms with Gasteiger partial charge >= 0.3 is 0 Å². The van der Waals surface area contributed by atoms with Crippen molar-refractivity contribution in [1.29, 1.82) is 0 Å². The molecule has 0 saturated carbocycles. The maximum absolute atomic E-state index is 9.37. The predicted octanol–water partition coefficient (Wildman–Crippen LogP) is 2.04. The summed E-state index contributed by atoms with van der Waals surface area (Å²) in [6, 6.07) is 8.11. The highest BCUT2D eigenvalue weighted by Gasteiger charge is 2.21. The number of rotatable bonds is 4. The molecule has 1 aliphatic rings. The van der Waals surface area contributed by atoms with Crippen molar-refractivity contribution in [3.63, 3.8) is 0 Å². The van der Waals surface area contributed by atoms with Gasteiger partial charge in [0.2, 0.25) is 0 Å². The molecular weight excluding hydrogens is 214 g/mol. The van der Waals surface area contributed by atoms with E-state index in [1.807, 2.05) is 18.2 Å². The second-order valence-electron chi connectivity index (χ2n) is 4.70. The molecule has 1 saturated heterocycles. The summed E-state index contributed by atoms with van der Waals surface area (Å²) in [5, 5.41) is 9.37. The van der Waals surface area contributed by atoms with Gasteiger partial charge < -0.3 is 14.7 Å². The number of anilines is 1. The van der Waals surface area contributed by atoms with Crippen LogP contribution in [0.5, 0.6) is 0 Å². The van der Waals surface area contributed by atoms with E-state index < -0.39 is 0 Å². The topological polar surface area (TPSA) is 32.7 Å². The van der Waals surface area contributed by atoms with Gasteiger partial charge in [0.25, 0.3) is 0 Å². The van der Waals surface area contributed by atoms with Crippen molar-refractivity contribution in [2.75, 3.05) is 31.7 Å². The molecule has 1 aliphatic heterocycles. The number of ether oxygens (including phenoxy) is 1. The Labute approximate surface area is 103 Å². The SMILES string of the molecule is COCC1CCCN(c2ccccc2CO)C1. The van der Waals surface area contributed by atoms with Gasteiger partial charge in [-0.1, -0.05) is 18.2 Å². The largest absolute Gasteiger partial charge is 0.392 e. The molecule has 1 unspecified atom stereocenters. The molecule has 0 spiro atoms. The van der Waals surface area contributed by atoms with Crippen molar-refractivity contribution in [2.45, 2.75) is 19.4 Å². The number of hydrogen-bond acceptors (Lipinski definition) is 3. The van der Waals surface area contributed by atoms with E-state index in [4.69, 9.17) is 4.74 Å². The summed E-state index contributed by atoms with van der Waals surface area (Å²) in [5.41, 5.74) is 2.20. The molecule has 1 aromatic rings. The number of nitrogens with zero attached hydrogens (tertiary/aromatic N) is 1. The van der Waals surface area contributed by atoms with Crippen molar-refractivity contribution in [2.24, 2.45) is 5.92 Å². The van der Waals surface area contributed by atoms with E-state index in [9.17, 15) is 5.11 Å². The first-order valence-corrected chi connectivity index (χ1v) is 6.27. The molecule has 1 N–H and O–H groups in total. The highest BCUT2D eigenvalue weighted by molar-refractivity contribution is 5.53. The first-order chi connectivity index (χ1) is 8.35. The fourth-order valence-corrected chi connectivity index (χ4v) is 2.61. The molecular formula is C14H21NO2. The van der Waals surface area contributed by atoms with Crippen molar-refractivity contribution >= 4 is 5.69 Å². The molecule has 0 bridgehead atoms. The van der Waals surface area contributed by atoms with Crippen LogP contribution in [0.15, 0.2) is 24.3 Å². The normalized spacial score (nSPS) is 20.6. The Morgan fingerprint density at radius 3 is 3.00 bits per heavy atom. The summed E-state index contributed by atoms with van der Waals surface area (Å²) in [4.78, 5) is 2.37.